The van der Waals surface area contributed by atoms with Gasteiger partial charge in [-0.05, 0) is 29.7 Å². The molecule has 1 atom stereocenters. The maximum Gasteiger partial charge on any atom is 0.316 e. The van der Waals surface area contributed by atoms with Gasteiger partial charge in [0.1, 0.15) is 5.92 Å². The zero-order valence-corrected chi connectivity index (χ0v) is 14.9. The molecule has 0 saturated carbocycles. The molecule has 27 heavy (non-hydrogen) atoms. The number of carbonyl (C=O) groups is 3. The zero-order chi connectivity index (χ0) is 19.6. The number of aliphatic carboxylic acids is 1. The summed E-state index contributed by atoms with van der Waals surface area (Å²) in [5.74, 6) is -3.35. The molecule has 142 valence electrons. The van der Waals surface area contributed by atoms with Crippen LogP contribution < -0.4 is 16.4 Å². The molecule has 1 unspecified atom stereocenters. The van der Waals surface area contributed by atoms with E-state index in [1.54, 1.807) is 24.3 Å². The van der Waals surface area contributed by atoms with Gasteiger partial charge in [-0.25, -0.2) is 0 Å². The molecule has 2 aromatic carbocycles. The van der Waals surface area contributed by atoms with Crippen LogP contribution in [-0.2, 0) is 22.7 Å². The lowest BCUT2D eigenvalue weighted by Crippen LogP contribution is -2.37. The van der Waals surface area contributed by atoms with Crippen LogP contribution in [0.15, 0.2) is 54.6 Å². The fraction of sp³-hybridized carbons (Fsp3) is 0.250. The van der Waals surface area contributed by atoms with Crippen LogP contribution >= 0.6 is 0 Å². The van der Waals surface area contributed by atoms with Crippen LogP contribution in [0.4, 0.5) is 0 Å². The van der Waals surface area contributed by atoms with E-state index in [4.69, 9.17) is 5.73 Å². The number of hydrogen-bond donors (Lipinski definition) is 4. The largest absolute Gasteiger partial charge is 0.481 e. The second-order valence-corrected chi connectivity index (χ2v) is 6.04. The lowest BCUT2D eigenvalue weighted by Gasteiger charge is -2.13. The van der Waals surface area contributed by atoms with E-state index in [9.17, 15) is 19.5 Å². The van der Waals surface area contributed by atoms with Crippen molar-refractivity contribution >= 4 is 17.8 Å². The van der Waals surface area contributed by atoms with Gasteiger partial charge in [-0.2, -0.15) is 0 Å². The van der Waals surface area contributed by atoms with Gasteiger partial charge in [-0.1, -0.05) is 42.5 Å². The summed E-state index contributed by atoms with van der Waals surface area (Å²) < 4.78 is 0. The van der Waals surface area contributed by atoms with Crippen LogP contribution in [0.1, 0.15) is 27.9 Å². The Hall–Kier alpha value is -3.19. The Labute approximate surface area is 157 Å². The highest BCUT2D eigenvalue weighted by molar-refractivity contribution is 5.97. The number of nitrogens with two attached hydrogens (primary N) is 1. The number of carbonyl (C=O) groups excluding carboxylic acids is 2. The fourth-order valence-corrected chi connectivity index (χ4v) is 2.50. The lowest BCUT2D eigenvalue weighted by molar-refractivity contribution is -0.147. The molecular weight excluding hydrogens is 346 g/mol. The summed E-state index contributed by atoms with van der Waals surface area (Å²) in [6, 6.07) is 16.0. The molecule has 5 N–H and O–H groups in total. The number of rotatable bonds is 9. The Morgan fingerprint density at radius 2 is 1.59 bits per heavy atom. The molecule has 2 aromatic rings. The average Bonchev–Trinajstić information content (AvgIpc) is 2.69. The molecule has 0 spiro atoms. The highest BCUT2D eigenvalue weighted by Gasteiger charge is 2.25. The van der Waals surface area contributed by atoms with Gasteiger partial charge in [0.2, 0.25) is 5.91 Å². The second kappa shape index (κ2) is 10.1. The van der Waals surface area contributed by atoms with Crippen molar-refractivity contribution in [2.75, 3.05) is 6.54 Å². The van der Waals surface area contributed by atoms with Crippen LogP contribution in [0, 0.1) is 5.92 Å². The molecule has 0 bridgehead atoms. The third-order valence-corrected chi connectivity index (χ3v) is 4.09. The summed E-state index contributed by atoms with van der Waals surface area (Å²) in [6.45, 7) is 0.719. The SMILES string of the molecule is NCc1ccc(C(=O)NCCC(C(=O)O)C(=O)NCc2ccccc2)cc1. The van der Waals surface area contributed by atoms with Crippen molar-refractivity contribution in [1.29, 1.82) is 0 Å². The number of carboxylic acids is 1. The van der Waals surface area contributed by atoms with Gasteiger partial charge in [0, 0.05) is 25.2 Å². The third kappa shape index (κ3) is 6.23. The summed E-state index contributed by atoms with van der Waals surface area (Å²) in [4.78, 5) is 35.6. The van der Waals surface area contributed by atoms with Gasteiger partial charge in [0.05, 0.1) is 0 Å². The topological polar surface area (TPSA) is 122 Å². The number of benzene rings is 2. The van der Waals surface area contributed by atoms with E-state index < -0.39 is 17.8 Å². The van der Waals surface area contributed by atoms with Crippen molar-refractivity contribution in [3.63, 3.8) is 0 Å². The molecule has 0 aliphatic rings. The van der Waals surface area contributed by atoms with E-state index in [0.717, 1.165) is 11.1 Å². The third-order valence-electron chi connectivity index (χ3n) is 4.09. The van der Waals surface area contributed by atoms with Crippen molar-refractivity contribution in [1.82, 2.24) is 10.6 Å². The van der Waals surface area contributed by atoms with Crippen molar-refractivity contribution < 1.29 is 19.5 Å². The first-order valence-corrected chi connectivity index (χ1v) is 8.63. The van der Waals surface area contributed by atoms with Crippen molar-refractivity contribution in [3.8, 4) is 0 Å². The Balaban J connectivity index is 1.83. The van der Waals surface area contributed by atoms with Crippen molar-refractivity contribution in [2.45, 2.75) is 19.5 Å². The van der Waals surface area contributed by atoms with Gasteiger partial charge in [-0.15, -0.1) is 0 Å². The first-order chi connectivity index (χ1) is 13.0. The smallest absolute Gasteiger partial charge is 0.316 e. The Morgan fingerprint density at radius 3 is 2.19 bits per heavy atom. The van der Waals surface area contributed by atoms with Crippen molar-refractivity contribution in [3.05, 3.63) is 71.3 Å². The van der Waals surface area contributed by atoms with E-state index in [1.165, 1.54) is 0 Å². The van der Waals surface area contributed by atoms with Crippen LogP contribution in [0.2, 0.25) is 0 Å². The molecule has 2 amide bonds. The quantitative estimate of drug-likeness (QED) is 0.496. The number of nitrogens with one attached hydrogen (secondary N) is 2. The molecule has 0 aliphatic heterocycles. The zero-order valence-electron chi connectivity index (χ0n) is 14.9. The highest BCUT2D eigenvalue weighted by atomic mass is 16.4. The monoisotopic (exact) mass is 369 g/mol. The summed E-state index contributed by atoms with van der Waals surface area (Å²) in [6.07, 6.45) is 0.00256. The minimum Gasteiger partial charge on any atom is -0.481 e. The van der Waals surface area contributed by atoms with E-state index in [1.807, 2.05) is 30.3 Å². The van der Waals surface area contributed by atoms with Crippen LogP contribution in [0.5, 0.6) is 0 Å². The fourth-order valence-electron chi connectivity index (χ4n) is 2.50. The van der Waals surface area contributed by atoms with Crippen LogP contribution in [0.25, 0.3) is 0 Å². The number of carboxylic acid groups (broad SMARTS) is 1. The maximum atomic E-state index is 12.2. The molecule has 2 rings (SSSR count). The molecule has 7 nitrogen and oxygen atoms in total. The van der Waals surface area contributed by atoms with E-state index in [0.29, 0.717) is 12.1 Å². The van der Waals surface area contributed by atoms with Gasteiger partial charge < -0.3 is 21.5 Å². The van der Waals surface area contributed by atoms with Gasteiger partial charge in [-0.3, -0.25) is 14.4 Å². The van der Waals surface area contributed by atoms with E-state index in [2.05, 4.69) is 10.6 Å². The van der Waals surface area contributed by atoms with Crippen LogP contribution in [-0.4, -0.2) is 29.4 Å². The molecule has 0 radical (unpaired) electrons. The molecule has 0 aliphatic carbocycles. The van der Waals surface area contributed by atoms with Crippen molar-refractivity contribution in [2.24, 2.45) is 11.7 Å². The highest BCUT2D eigenvalue weighted by Crippen LogP contribution is 2.07. The summed E-state index contributed by atoms with van der Waals surface area (Å²) in [5, 5.41) is 14.6. The van der Waals surface area contributed by atoms with Gasteiger partial charge in [0.25, 0.3) is 5.91 Å². The second-order valence-electron chi connectivity index (χ2n) is 6.04. The first-order valence-electron chi connectivity index (χ1n) is 8.63. The Bertz CT molecular complexity index is 776. The first kappa shape index (κ1) is 20.1. The standard InChI is InChI=1S/C20H23N3O4/c21-12-14-6-8-16(9-7-14)18(24)22-11-10-17(20(26)27)19(25)23-13-15-4-2-1-3-5-15/h1-9,17H,10-13,21H2,(H,22,24)(H,23,25)(H,26,27). The molecular formula is C20H23N3O4. The maximum absolute atomic E-state index is 12.2. The minimum absolute atomic E-state index is 0.00256. The molecule has 0 saturated heterocycles. The Kier molecular flexibility index (Phi) is 7.51. The molecule has 0 fully saturated rings. The minimum atomic E-state index is -1.23. The van der Waals surface area contributed by atoms with Gasteiger partial charge >= 0.3 is 5.97 Å². The summed E-state index contributed by atoms with van der Waals surface area (Å²) in [7, 11) is 0. The summed E-state index contributed by atoms with van der Waals surface area (Å²) >= 11 is 0. The summed E-state index contributed by atoms with van der Waals surface area (Å²) in [5.41, 5.74) is 7.75. The predicted octanol–water partition coefficient (Wildman–Crippen LogP) is 1.28. The molecule has 0 heterocycles. The van der Waals surface area contributed by atoms with Gasteiger partial charge in [0.15, 0.2) is 0 Å². The predicted molar refractivity (Wildman–Crippen MR) is 101 cm³/mol. The van der Waals surface area contributed by atoms with Crippen LogP contribution in [0.3, 0.4) is 0 Å². The van der Waals surface area contributed by atoms with E-state index in [-0.39, 0.29) is 25.4 Å². The number of hydrogen-bond acceptors (Lipinski definition) is 4. The molecule has 0 aromatic heterocycles. The normalized spacial score (nSPS) is 11.4. The van der Waals surface area contributed by atoms with E-state index >= 15 is 0 Å². The Morgan fingerprint density at radius 1 is 0.926 bits per heavy atom. The number of amides is 2. The lowest BCUT2D eigenvalue weighted by atomic mass is 10.0. The molecule has 7 heteroatoms. The average molecular weight is 369 g/mol.